The van der Waals surface area contributed by atoms with Crippen molar-refractivity contribution in [2.75, 3.05) is 0 Å². The molecule has 0 aliphatic heterocycles. The first kappa shape index (κ1) is 9.77. The van der Waals surface area contributed by atoms with Gasteiger partial charge in [0.2, 0.25) is 0 Å². The summed E-state index contributed by atoms with van der Waals surface area (Å²) in [5.74, 6) is 1.72. The Hall–Kier alpha value is -1.43. The second-order valence-electron chi connectivity index (χ2n) is 4.08. The smallest absolute Gasteiger partial charge is 0.195 e. The molecule has 2 heterocycles. The summed E-state index contributed by atoms with van der Waals surface area (Å²) < 4.78 is 4.72. The van der Waals surface area contributed by atoms with Crippen LogP contribution in [-0.2, 0) is 13.1 Å². The Kier molecular flexibility index (Phi) is 2.36. The Morgan fingerprint density at radius 1 is 1.44 bits per heavy atom. The molecule has 1 fully saturated rings. The Labute approximate surface area is 98.1 Å². The number of H-pyrrole nitrogens is 1. The van der Waals surface area contributed by atoms with E-state index < -0.39 is 0 Å². The molecule has 0 saturated heterocycles. The molecule has 1 saturated carbocycles. The van der Waals surface area contributed by atoms with Crippen LogP contribution in [0.2, 0.25) is 0 Å². The van der Waals surface area contributed by atoms with E-state index in [2.05, 4.69) is 19.9 Å². The van der Waals surface area contributed by atoms with Crippen molar-refractivity contribution in [3.8, 4) is 0 Å². The van der Waals surface area contributed by atoms with E-state index >= 15 is 0 Å². The topological polar surface area (TPSA) is 51.4 Å². The van der Waals surface area contributed by atoms with Crippen LogP contribution in [0.5, 0.6) is 0 Å². The Bertz CT molecular complexity index is 520. The number of aryl methyl sites for hydroxylation is 1. The summed E-state index contributed by atoms with van der Waals surface area (Å²) in [6.45, 7) is 1.67. The van der Waals surface area contributed by atoms with Crippen LogP contribution in [0.3, 0.4) is 0 Å². The highest BCUT2D eigenvalue weighted by atomic mass is 32.1. The monoisotopic (exact) mass is 235 g/mol. The molecular weight excluding hydrogens is 222 g/mol. The van der Waals surface area contributed by atoms with Gasteiger partial charge in [-0.1, -0.05) is 0 Å². The number of aromatic nitrogens is 5. The summed E-state index contributed by atoms with van der Waals surface area (Å²) in [4.78, 5) is 0. The molecule has 0 radical (unpaired) electrons. The molecule has 1 aliphatic carbocycles. The van der Waals surface area contributed by atoms with E-state index in [9.17, 15) is 0 Å². The largest absolute Gasteiger partial charge is 0.302 e. The Balaban J connectivity index is 1.78. The molecule has 0 unspecified atom stereocenters. The lowest BCUT2D eigenvalue weighted by molar-refractivity contribution is 0.517. The summed E-state index contributed by atoms with van der Waals surface area (Å²) in [6.07, 6.45) is 6.22. The zero-order valence-electron chi connectivity index (χ0n) is 8.83. The number of nitrogens with zero attached hydrogens (tertiary/aromatic N) is 4. The van der Waals surface area contributed by atoms with Gasteiger partial charge in [-0.25, -0.2) is 0 Å². The van der Waals surface area contributed by atoms with Gasteiger partial charge in [-0.05, 0) is 31.1 Å². The molecule has 0 bridgehead atoms. The SMILES string of the molecule is S=c1[nH]nc(C2CC2)n1CCn1cccn1. The van der Waals surface area contributed by atoms with Crippen LogP contribution < -0.4 is 0 Å². The molecule has 84 valence electrons. The number of hydrogen-bond donors (Lipinski definition) is 1. The third-order valence-electron chi connectivity index (χ3n) is 2.84. The molecular formula is C10H13N5S. The maximum Gasteiger partial charge on any atom is 0.195 e. The molecule has 6 heteroatoms. The van der Waals surface area contributed by atoms with Crippen LogP contribution in [0.15, 0.2) is 18.5 Å². The molecule has 0 aromatic carbocycles. The van der Waals surface area contributed by atoms with Crippen molar-refractivity contribution in [2.24, 2.45) is 0 Å². The van der Waals surface area contributed by atoms with E-state index in [4.69, 9.17) is 12.2 Å². The molecule has 3 rings (SSSR count). The van der Waals surface area contributed by atoms with Crippen LogP contribution in [0.1, 0.15) is 24.6 Å². The maximum absolute atomic E-state index is 5.23. The van der Waals surface area contributed by atoms with Gasteiger partial charge in [-0.2, -0.15) is 10.2 Å². The Morgan fingerprint density at radius 2 is 2.31 bits per heavy atom. The minimum Gasteiger partial charge on any atom is -0.302 e. The fourth-order valence-electron chi connectivity index (χ4n) is 1.83. The zero-order chi connectivity index (χ0) is 11.0. The van der Waals surface area contributed by atoms with E-state index in [0.29, 0.717) is 10.7 Å². The molecule has 2 aromatic rings. The summed E-state index contributed by atoms with van der Waals surface area (Å²) in [5.41, 5.74) is 0. The van der Waals surface area contributed by atoms with Crippen molar-refractivity contribution in [1.29, 1.82) is 0 Å². The van der Waals surface area contributed by atoms with E-state index in [-0.39, 0.29) is 0 Å². The average molecular weight is 235 g/mol. The number of rotatable bonds is 4. The summed E-state index contributed by atoms with van der Waals surface area (Å²) >= 11 is 5.23. The summed E-state index contributed by atoms with van der Waals surface area (Å²) in [6, 6.07) is 1.93. The van der Waals surface area contributed by atoms with Gasteiger partial charge in [0, 0.05) is 24.9 Å². The van der Waals surface area contributed by atoms with Crippen molar-refractivity contribution in [2.45, 2.75) is 31.8 Å². The van der Waals surface area contributed by atoms with E-state index in [1.165, 1.54) is 12.8 Å². The Morgan fingerprint density at radius 3 is 3.00 bits per heavy atom. The van der Waals surface area contributed by atoms with Gasteiger partial charge in [0.15, 0.2) is 4.77 Å². The van der Waals surface area contributed by atoms with E-state index in [0.717, 1.165) is 18.9 Å². The number of hydrogen-bond acceptors (Lipinski definition) is 3. The molecule has 1 aliphatic rings. The first-order valence-corrected chi connectivity index (χ1v) is 5.88. The third kappa shape index (κ3) is 1.80. The first-order chi connectivity index (χ1) is 7.84. The number of aromatic amines is 1. The molecule has 2 aromatic heterocycles. The van der Waals surface area contributed by atoms with Crippen molar-refractivity contribution in [3.05, 3.63) is 29.1 Å². The van der Waals surface area contributed by atoms with Crippen LogP contribution in [0, 0.1) is 4.77 Å². The normalized spacial score (nSPS) is 15.5. The third-order valence-corrected chi connectivity index (χ3v) is 3.15. The van der Waals surface area contributed by atoms with Crippen molar-refractivity contribution < 1.29 is 0 Å². The lowest BCUT2D eigenvalue weighted by Gasteiger charge is -2.05. The summed E-state index contributed by atoms with van der Waals surface area (Å²) in [7, 11) is 0. The quantitative estimate of drug-likeness (QED) is 0.821. The highest BCUT2D eigenvalue weighted by Crippen LogP contribution is 2.38. The van der Waals surface area contributed by atoms with Crippen molar-refractivity contribution in [1.82, 2.24) is 24.5 Å². The fourth-order valence-corrected chi connectivity index (χ4v) is 2.06. The number of nitrogens with one attached hydrogen (secondary N) is 1. The molecule has 16 heavy (non-hydrogen) atoms. The molecule has 0 amide bonds. The van der Waals surface area contributed by atoms with Gasteiger partial charge in [0.25, 0.3) is 0 Å². The van der Waals surface area contributed by atoms with Crippen LogP contribution in [0.25, 0.3) is 0 Å². The van der Waals surface area contributed by atoms with Gasteiger partial charge in [0.05, 0.1) is 6.54 Å². The van der Waals surface area contributed by atoms with Crippen molar-refractivity contribution >= 4 is 12.2 Å². The van der Waals surface area contributed by atoms with Crippen LogP contribution >= 0.6 is 12.2 Å². The standard InChI is InChI=1S/C10H13N5S/c16-10-13-12-9(8-2-3-8)15(10)7-6-14-5-1-4-11-14/h1,4-5,8H,2-3,6-7H2,(H,13,16). The predicted molar refractivity (Wildman–Crippen MR) is 61.6 cm³/mol. The van der Waals surface area contributed by atoms with E-state index in [1.807, 2.05) is 16.9 Å². The molecule has 5 nitrogen and oxygen atoms in total. The van der Waals surface area contributed by atoms with Gasteiger partial charge in [0.1, 0.15) is 5.82 Å². The van der Waals surface area contributed by atoms with Gasteiger partial charge in [-0.3, -0.25) is 9.78 Å². The zero-order valence-corrected chi connectivity index (χ0v) is 9.65. The van der Waals surface area contributed by atoms with Gasteiger partial charge >= 0.3 is 0 Å². The van der Waals surface area contributed by atoms with Crippen molar-refractivity contribution in [3.63, 3.8) is 0 Å². The van der Waals surface area contributed by atoms with Gasteiger partial charge in [-0.15, -0.1) is 0 Å². The lowest BCUT2D eigenvalue weighted by Crippen LogP contribution is -2.10. The summed E-state index contributed by atoms with van der Waals surface area (Å²) in [5, 5.41) is 11.3. The molecule has 0 spiro atoms. The van der Waals surface area contributed by atoms with Gasteiger partial charge < -0.3 is 4.57 Å². The maximum atomic E-state index is 5.23. The fraction of sp³-hybridized carbons (Fsp3) is 0.500. The minimum absolute atomic E-state index is 0.616. The minimum atomic E-state index is 0.616. The first-order valence-electron chi connectivity index (χ1n) is 5.47. The highest BCUT2D eigenvalue weighted by Gasteiger charge is 2.28. The van der Waals surface area contributed by atoms with Crippen LogP contribution in [0.4, 0.5) is 0 Å². The molecule has 1 N–H and O–H groups in total. The lowest BCUT2D eigenvalue weighted by atomic mass is 10.4. The van der Waals surface area contributed by atoms with E-state index in [1.54, 1.807) is 6.20 Å². The predicted octanol–water partition coefficient (Wildman–Crippen LogP) is 1.71. The van der Waals surface area contributed by atoms with Crippen LogP contribution in [-0.4, -0.2) is 24.5 Å². The second-order valence-corrected chi connectivity index (χ2v) is 4.47. The molecule has 0 atom stereocenters. The highest BCUT2D eigenvalue weighted by molar-refractivity contribution is 7.71. The average Bonchev–Trinajstić information content (AvgIpc) is 2.87. The second kappa shape index (κ2) is 3.86.